The summed E-state index contributed by atoms with van der Waals surface area (Å²) in [6.45, 7) is 8.43. The summed E-state index contributed by atoms with van der Waals surface area (Å²) in [5.41, 5.74) is 12.2. The van der Waals surface area contributed by atoms with Gasteiger partial charge in [-0.05, 0) is 53.4 Å². The van der Waals surface area contributed by atoms with Gasteiger partial charge in [-0.1, -0.05) is 34.9 Å². The van der Waals surface area contributed by atoms with Crippen LogP contribution in [0.4, 0.5) is 0 Å². The Hall–Kier alpha value is -1.73. The molecule has 20 heavy (non-hydrogen) atoms. The molecule has 0 bridgehead atoms. The topological polar surface area (TPSA) is 53.5 Å². The molecule has 0 radical (unpaired) electrons. The number of hydrogen-bond acceptors (Lipinski definition) is 1. The lowest BCUT2D eigenvalue weighted by Gasteiger charge is -2.01. The van der Waals surface area contributed by atoms with E-state index in [9.17, 15) is 4.79 Å². The molecule has 0 atom stereocenters. The van der Waals surface area contributed by atoms with Gasteiger partial charge in [0.15, 0.2) is 0 Å². The molecule has 0 aliphatic rings. The zero-order valence-corrected chi connectivity index (χ0v) is 13.1. The second kappa shape index (κ2) is 11.1. The molecule has 0 aromatic heterocycles. The highest BCUT2D eigenvalue weighted by Crippen LogP contribution is 2.11. The summed E-state index contributed by atoms with van der Waals surface area (Å²) in [6.07, 6.45) is 11.9. The van der Waals surface area contributed by atoms with Gasteiger partial charge in [0.05, 0.1) is 0 Å². The van der Waals surface area contributed by atoms with Crippen LogP contribution >= 0.6 is 0 Å². The molecule has 0 saturated carbocycles. The highest BCUT2D eigenvalue weighted by molar-refractivity contribution is 6.25. The number of nitrogens with zero attached hydrogens (tertiary/aromatic N) is 2. The Labute approximate surface area is 122 Å². The van der Waals surface area contributed by atoms with Crippen molar-refractivity contribution in [3.63, 3.8) is 0 Å². The molecule has 0 amide bonds. The largest absolute Gasteiger partial charge is 0.361 e. The monoisotopic (exact) mass is 274 g/mol. The van der Waals surface area contributed by atoms with Gasteiger partial charge in [-0.2, -0.15) is 4.79 Å². The van der Waals surface area contributed by atoms with E-state index in [1.54, 1.807) is 0 Å². The first-order valence-electron chi connectivity index (χ1n) is 7.10. The van der Waals surface area contributed by atoms with Crippen LogP contribution in [0, 0.1) is 0 Å². The molecule has 0 aromatic rings. The van der Waals surface area contributed by atoms with Crippen molar-refractivity contribution in [3.05, 3.63) is 40.5 Å². The van der Waals surface area contributed by atoms with Gasteiger partial charge in [0.25, 0.3) is 0 Å². The molecule has 0 rings (SSSR count). The molecule has 0 fully saturated rings. The molecule has 0 aliphatic heterocycles. The summed E-state index contributed by atoms with van der Waals surface area (Å²) in [6, 6.07) is 0. The van der Waals surface area contributed by atoms with E-state index in [0.717, 1.165) is 31.9 Å². The van der Waals surface area contributed by atoms with Crippen molar-refractivity contribution in [2.75, 3.05) is 0 Å². The van der Waals surface area contributed by atoms with E-state index in [4.69, 9.17) is 5.53 Å². The van der Waals surface area contributed by atoms with Crippen molar-refractivity contribution < 1.29 is 9.58 Å². The van der Waals surface area contributed by atoms with Crippen LogP contribution in [0.3, 0.4) is 0 Å². The van der Waals surface area contributed by atoms with Crippen molar-refractivity contribution in [2.24, 2.45) is 0 Å². The van der Waals surface area contributed by atoms with Gasteiger partial charge in [-0.3, -0.25) is 4.79 Å². The van der Waals surface area contributed by atoms with Gasteiger partial charge < -0.3 is 5.53 Å². The Morgan fingerprint density at radius 3 is 2.05 bits per heavy atom. The number of rotatable bonds is 9. The highest BCUT2D eigenvalue weighted by atomic mass is 16.1. The van der Waals surface area contributed by atoms with E-state index in [0.29, 0.717) is 6.42 Å². The second-order valence-electron chi connectivity index (χ2n) is 5.37. The third-order valence-electron chi connectivity index (χ3n) is 2.98. The Balaban J connectivity index is 4.02. The summed E-state index contributed by atoms with van der Waals surface area (Å²) in [5, 5.41) is 0. The molecule has 0 N–H and O–H groups in total. The molecule has 0 saturated heterocycles. The third kappa shape index (κ3) is 11.4. The molecular weight excluding hydrogens is 248 g/mol. The number of Topliss-reactive ketones (excluding diaryl/α,β-unsaturated/α-hetero) is 1. The van der Waals surface area contributed by atoms with Crippen LogP contribution in [-0.4, -0.2) is 16.8 Å². The van der Waals surface area contributed by atoms with Crippen molar-refractivity contribution in [2.45, 2.75) is 59.8 Å². The average Bonchev–Trinajstić information content (AvgIpc) is 2.36. The Bertz CT molecular complexity index is 446. The van der Waals surface area contributed by atoms with Crippen LogP contribution in [-0.2, 0) is 4.79 Å². The van der Waals surface area contributed by atoms with Crippen LogP contribution in [0.15, 0.2) is 34.9 Å². The summed E-state index contributed by atoms with van der Waals surface area (Å²) in [5.74, 6) is -0.180. The van der Waals surface area contributed by atoms with E-state index in [-0.39, 0.29) is 5.78 Å². The van der Waals surface area contributed by atoms with Crippen LogP contribution in [0.1, 0.15) is 59.8 Å². The van der Waals surface area contributed by atoms with E-state index >= 15 is 0 Å². The fraction of sp³-hybridized carbons (Fsp3) is 0.529. The molecule has 0 heterocycles. The fourth-order valence-corrected chi connectivity index (χ4v) is 1.73. The minimum atomic E-state index is -0.180. The predicted octanol–water partition coefficient (Wildman–Crippen LogP) is 4.67. The molecule has 3 heteroatoms. The quantitative estimate of drug-likeness (QED) is 0.261. The van der Waals surface area contributed by atoms with Gasteiger partial charge in [0.2, 0.25) is 5.78 Å². The van der Waals surface area contributed by atoms with E-state index in [1.165, 1.54) is 16.7 Å². The highest BCUT2D eigenvalue weighted by Gasteiger charge is 1.99. The maximum Gasteiger partial charge on any atom is 0.323 e. The number of carbonyl (C=O) groups excluding carboxylic acids is 1. The second-order valence-corrected chi connectivity index (χ2v) is 5.37. The van der Waals surface area contributed by atoms with Gasteiger partial charge in [0, 0.05) is 6.42 Å². The number of carbonyl (C=O) groups is 1. The normalized spacial score (nSPS) is 11.8. The maximum absolute atomic E-state index is 11.1. The first-order valence-corrected chi connectivity index (χ1v) is 7.10. The summed E-state index contributed by atoms with van der Waals surface area (Å²) in [4.78, 5) is 13.9. The minimum absolute atomic E-state index is 0.180. The molecule has 0 unspecified atom stereocenters. The van der Waals surface area contributed by atoms with E-state index < -0.39 is 0 Å². The number of ketones is 1. The molecular formula is C17H26N2O. The SMILES string of the molecule is CC(C)=CCC/C(C)=C\CC/C(C)=C\CC(=O)C=[N+]=[N-]. The van der Waals surface area contributed by atoms with Crippen LogP contribution in [0.25, 0.3) is 5.53 Å². The first kappa shape index (κ1) is 18.3. The zero-order valence-electron chi connectivity index (χ0n) is 13.1. The third-order valence-corrected chi connectivity index (χ3v) is 2.98. The van der Waals surface area contributed by atoms with Gasteiger partial charge in [0.1, 0.15) is 0 Å². The van der Waals surface area contributed by atoms with Crippen LogP contribution in [0.2, 0.25) is 0 Å². The van der Waals surface area contributed by atoms with Gasteiger partial charge in [-0.15, -0.1) is 0 Å². The first-order chi connectivity index (χ1) is 9.45. The maximum atomic E-state index is 11.1. The van der Waals surface area contributed by atoms with Crippen LogP contribution in [0.5, 0.6) is 0 Å². The fourth-order valence-electron chi connectivity index (χ4n) is 1.73. The van der Waals surface area contributed by atoms with Crippen molar-refractivity contribution in [1.29, 1.82) is 0 Å². The summed E-state index contributed by atoms with van der Waals surface area (Å²) >= 11 is 0. The molecule has 3 nitrogen and oxygen atoms in total. The van der Waals surface area contributed by atoms with Gasteiger partial charge >= 0.3 is 6.21 Å². The van der Waals surface area contributed by atoms with Crippen molar-refractivity contribution in [3.8, 4) is 0 Å². The standard InChI is InChI=1S/C17H26N2O/c1-14(2)7-5-8-15(3)9-6-10-16(4)11-12-17(20)13-19-18/h7,9,11,13H,5-6,8,10,12H2,1-4H3/b15-9-,16-11-. The zero-order chi connectivity index (χ0) is 15.4. The van der Waals surface area contributed by atoms with E-state index in [1.807, 2.05) is 13.0 Å². The smallest absolute Gasteiger partial charge is 0.323 e. The van der Waals surface area contributed by atoms with Crippen LogP contribution < -0.4 is 0 Å². The minimum Gasteiger partial charge on any atom is -0.361 e. The molecule has 110 valence electrons. The molecule has 0 spiro atoms. The Morgan fingerprint density at radius 2 is 1.50 bits per heavy atom. The number of allylic oxidation sites excluding steroid dienone is 6. The predicted molar refractivity (Wildman–Crippen MR) is 84.7 cm³/mol. The Morgan fingerprint density at radius 1 is 0.950 bits per heavy atom. The molecule has 0 aromatic carbocycles. The Kier molecular flexibility index (Phi) is 10.2. The lowest BCUT2D eigenvalue weighted by molar-refractivity contribution is -0.115. The van der Waals surface area contributed by atoms with Crippen molar-refractivity contribution in [1.82, 2.24) is 0 Å². The number of hydrogen-bond donors (Lipinski definition) is 0. The average molecular weight is 274 g/mol. The summed E-state index contributed by atoms with van der Waals surface area (Å²) < 4.78 is 0. The van der Waals surface area contributed by atoms with Crippen molar-refractivity contribution >= 4 is 12.0 Å². The summed E-state index contributed by atoms with van der Waals surface area (Å²) in [7, 11) is 0. The molecule has 0 aliphatic carbocycles. The van der Waals surface area contributed by atoms with Gasteiger partial charge in [-0.25, -0.2) is 0 Å². The lowest BCUT2D eigenvalue weighted by Crippen LogP contribution is -1.97. The van der Waals surface area contributed by atoms with E-state index in [2.05, 4.69) is 37.7 Å². The lowest BCUT2D eigenvalue weighted by atomic mass is 10.1.